The van der Waals surface area contributed by atoms with E-state index in [1.165, 1.54) is 12.2 Å². The van der Waals surface area contributed by atoms with E-state index in [1.54, 1.807) is 4.90 Å². The maximum Gasteiger partial charge on any atom is 0.245 e. The van der Waals surface area contributed by atoms with E-state index in [1.807, 2.05) is 25.6 Å². The third-order valence-electron chi connectivity index (χ3n) is 3.40. The summed E-state index contributed by atoms with van der Waals surface area (Å²) in [6.07, 6.45) is 1.17. The Hall–Kier alpha value is -0.710. The number of nitrogens with one attached hydrogen (secondary N) is 1. The summed E-state index contributed by atoms with van der Waals surface area (Å²) in [5.41, 5.74) is 0. The fraction of sp³-hybridized carbons (Fsp3) is 0.833. The summed E-state index contributed by atoms with van der Waals surface area (Å²) < 4.78 is 0. The van der Waals surface area contributed by atoms with Crippen molar-refractivity contribution in [3.8, 4) is 0 Å². The number of amides is 2. The van der Waals surface area contributed by atoms with Gasteiger partial charge in [-0.1, -0.05) is 13.8 Å². The van der Waals surface area contributed by atoms with Gasteiger partial charge in [0, 0.05) is 6.54 Å². The smallest absolute Gasteiger partial charge is 0.245 e. The molecule has 2 unspecified atom stereocenters. The van der Waals surface area contributed by atoms with Crippen molar-refractivity contribution in [3.63, 3.8) is 0 Å². The van der Waals surface area contributed by atoms with E-state index >= 15 is 0 Å². The Labute approximate surface area is 106 Å². The summed E-state index contributed by atoms with van der Waals surface area (Å²) >= 11 is 1.94. The van der Waals surface area contributed by atoms with Gasteiger partial charge in [-0.15, -0.1) is 0 Å². The second-order valence-electron chi connectivity index (χ2n) is 5.24. The summed E-state index contributed by atoms with van der Waals surface area (Å²) in [5.74, 6) is 3.12. The van der Waals surface area contributed by atoms with Crippen LogP contribution in [0.25, 0.3) is 0 Å². The van der Waals surface area contributed by atoms with E-state index in [0.717, 1.165) is 12.3 Å². The summed E-state index contributed by atoms with van der Waals surface area (Å²) in [6.45, 7) is 4.93. The van der Waals surface area contributed by atoms with Gasteiger partial charge in [-0.3, -0.25) is 9.59 Å². The van der Waals surface area contributed by atoms with Crippen molar-refractivity contribution in [1.82, 2.24) is 10.2 Å². The van der Waals surface area contributed by atoms with E-state index in [-0.39, 0.29) is 30.3 Å². The van der Waals surface area contributed by atoms with Crippen LogP contribution >= 0.6 is 11.8 Å². The number of carbonyl (C=O) groups is 2. The molecule has 0 radical (unpaired) electrons. The number of rotatable bonds is 3. The standard InChI is InChI=1S/C12H20N2O2S/c1-8(2)11-12(16)14(6-10(15)13-11)5-9-3-4-17-7-9/h8-9,11H,3-7H2,1-2H3,(H,13,15). The minimum Gasteiger partial charge on any atom is -0.343 e. The Bertz CT molecular complexity index is 314. The minimum absolute atomic E-state index is 0.0195. The maximum absolute atomic E-state index is 12.2. The Kier molecular flexibility index (Phi) is 3.97. The van der Waals surface area contributed by atoms with Gasteiger partial charge < -0.3 is 10.2 Å². The molecular formula is C12H20N2O2S. The molecule has 2 aliphatic rings. The zero-order valence-corrected chi connectivity index (χ0v) is 11.3. The van der Waals surface area contributed by atoms with Crippen molar-refractivity contribution >= 4 is 23.6 Å². The predicted molar refractivity (Wildman–Crippen MR) is 68.8 cm³/mol. The van der Waals surface area contributed by atoms with Gasteiger partial charge in [0.25, 0.3) is 0 Å². The molecule has 2 rings (SSSR count). The second-order valence-corrected chi connectivity index (χ2v) is 6.39. The first-order chi connectivity index (χ1) is 8.08. The molecular weight excluding hydrogens is 236 g/mol. The van der Waals surface area contributed by atoms with Crippen LogP contribution in [0.2, 0.25) is 0 Å². The zero-order valence-electron chi connectivity index (χ0n) is 10.4. The number of carbonyl (C=O) groups excluding carboxylic acids is 2. The molecule has 2 fully saturated rings. The average molecular weight is 256 g/mol. The maximum atomic E-state index is 12.2. The summed E-state index contributed by atoms with van der Waals surface area (Å²) in [4.78, 5) is 25.6. The van der Waals surface area contributed by atoms with Crippen molar-refractivity contribution in [1.29, 1.82) is 0 Å². The van der Waals surface area contributed by atoms with Crippen molar-refractivity contribution in [3.05, 3.63) is 0 Å². The normalized spacial score (nSPS) is 29.9. The zero-order chi connectivity index (χ0) is 12.4. The van der Waals surface area contributed by atoms with Gasteiger partial charge in [-0.2, -0.15) is 11.8 Å². The average Bonchev–Trinajstić information content (AvgIpc) is 2.75. The van der Waals surface area contributed by atoms with Gasteiger partial charge in [-0.05, 0) is 29.8 Å². The molecule has 0 aromatic carbocycles. The van der Waals surface area contributed by atoms with E-state index in [0.29, 0.717) is 5.92 Å². The SMILES string of the molecule is CC(C)C1NC(=O)CN(CC2CCSC2)C1=O. The first-order valence-electron chi connectivity index (χ1n) is 6.24. The molecule has 0 aromatic rings. The molecule has 2 heterocycles. The monoisotopic (exact) mass is 256 g/mol. The first kappa shape index (κ1) is 12.7. The largest absolute Gasteiger partial charge is 0.343 e. The van der Waals surface area contributed by atoms with Gasteiger partial charge in [-0.25, -0.2) is 0 Å². The number of thioether (sulfide) groups is 1. The number of hydrogen-bond donors (Lipinski definition) is 1. The van der Waals surface area contributed by atoms with Gasteiger partial charge >= 0.3 is 0 Å². The Morgan fingerprint density at radius 1 is 1.47 bits per heavy atom. The lowest BCUT2D eigenvalue weighted by molar-refractivity contribution is -0.146. The molecule has 0 aliphatic carbocycles. The topological polar surface area (TPSA) is 49.4 Å². The molecule has 4 nitrogen and oxygen atoms in total. The molecule has 0 aromatic heterocycles. The minimum atomic E-state index is -0.328. The van der Waals surface area contributed by atoms with E-state index in [9.17, 15) is 9.59 Å². The van der Waals surface area contributed by atoms with E-state index < -0.39 is 0 Å². The van der Waals surface area contributed by atoms with Crippen molar-refractivity contribution in [2.24, 2.45) is 11.8 Å². The van der Waals surface area contributed by atoms with Crippen LogP contribution in [0, 0.1) is 11.8 Å². The van der Waals surface area contributed by atoms with Crippen LogP contribution in [0.5, 0.6) is 0 Å². The third-order valence-corrected chi connectivity index (χ3v) is 4.63. The molecule has 1 N–H and O–H groups in total. The van der Waals surface area contributed by atoms with Crippen LogP contribution in [0.1, 0.15) is 20.3 Å². The summed E-state index contributed by atoms with van der Waals surface area (Å²) in [5, 5.41) is 2.79. The van der Waals surface area contributed by atoms with Crippen molar-refractivity contribution < 1.29 is 9.59 Å². The Morgan fingerprint density at radius 3 is 2.82 bits per heavy atom. The lowest BCUT2D eigenvalue weighted by Gasteiger charge is -2.35. The van der Waals surface area contributed by atoms with Crippen LogP contribution in [-0.2, 0) is 9.59 Å². The lowest BCUT2D eigenvalue weighted by Crippen LogP contribution is -2.60. The fourth-order valence-electron chi connectivity index (χ4n) is 2.37. The van der Waals surface area contributed by atoms with Crippen molar-refractivity contribution in [2.45, 2.75) is 26.3 Å². The van der Waals surface area contributed by atoms with Gasteiger partial charge in [0.1, 0.15) is 6.04 Å². The Balaban J connectivity index is 1.99. The molecule has 96 valence electrons. The molecule has 2 aliphatic heterocycles. The lowest BCUT2D eigenvalue weighted by atomic mass is 9.99. The highest BCUT2D eigenvalue weighted by Gasteiger charge is 2.35. The third kappa shape index (κ3) is 2.94. The molecule has 2 atom stereocenters. The summed E-state index contributed by atoms with van der Waals surface area (Å²) in [6, 6.07) is -0.328. The Morgan fingerprint density at radius 2 is 2.24 bits per heavy atom. The van der Waals surface area contributed by atoms with Crippen LogP contribution in [0.3, 0.4) is 0 Å². The molecule has 0 bridgehead atoms. The number of hydrogen-bond acceptors (Lipinski definition) is 3. The molecule has 2 amide bonds. The number of piperazine rings is 1. The first-order valence-corrected chi connectivity index (χ1v) is 7.39. The van der Waals surface area contributed by atoms with Gasteiger partial charge in [0.2, 0.25) is 11.8 Å². The highest BCUT2D eigenvalue weighted by Crippen LogP contribution is 2.25. The van der Waals surface area contributed by atoms with Crippen LogP contribution in [0.4, 0.5) is 0 Å². The second kappa shape index (κ2) is 5.29. The molecule has 0 saturated carbocycles. The van der Waals surface area contributed by atoms with Gasteiger partial charge in [0.05, 0.1) is 6.54 Å². The summed E-state index contributed by atoms with van der Waals surface area (Å²) in [7, 11) is 0. The van der Waals surface area contributed by atoms with Crippen LogP contribution < -0.4 is 5.32 Å². The molecule has 5 heteroatoms. The molecule has 17 heavy (non-hydrogen) atoms. The highest BCUT2D eigenvalue weighted by molar-refractivity contribution is 7.99. The molecule has 2 saturated heterocycles. The fourth-order valence-corrected chi connectivity index (χ4v) is 3.65. The van der Waals surface area contributed by atoms with Gasteiger partial charge in [0.15, 0.2) is 0 Å². The quantitative estimate of drug-likeness (QED) is 0.809. The number of nitrogens with zero attached hydrogens (tertiary/aromatic N) is 1. The van der Waals surface area contributed by atoms with E-state index in [2.05, 4.69) is 5.32 Å². The highest BCUT2D eigenvalue weighted by atomic mass is 32.2. The predicted octanol–water partition coefficient (Wildman–Crippen LogP) is 0.722. The van der Waals surface area contributed by atoms with Crippen LogP contribution in [0.15, 0.2) is 0 Å². The van der Waals surface area contributed by atoms with E-state index in [4.69, 9.17) is 0 Å². The van der Waals surface area contributed by atoms with Crippen LogP contribution in [-0.4, -0.2) is 47.4 Å². The molecule has 0 spiro atoms. The van der Waals surface area contributed by atoms with Crippen molar-refractivity contribution in [2.75, 3.05) is 24.6 Å².